The molecule has 6 heteroatoms. The lowest BCUT2D eigenvalue weighted by Crippen LogP contribution is -2.41. The van der Waals surface area contributed by atoms with Crippen molar-refractivity contribution >= 4 is 21.7 Å². The molecule has 0 radical (unpaired) electrons. The molecule has 0 aliphatic carbocycles. The first-order valence-electron chi connectivity index (χ1n) is 4.48. The van der Waals surface area contributed by atoms with Crippen LogP contribution in [0.2, 0.25) is 0 Å². The van der Waals surface area contributed by atoms with Crippen LogP contribution in [0.15, 0.2) is 0 Å². The van der Waals surface area contributed by atoms with Crippen LogP contribution in [0.4, 0.5) is 0 Å². The van der Waals surface area contributed by atoms with Crippen LogP contribution in [-0.2, 0) is 19.4 Å². The van der Waals surface area contributed by atoms with Crippen LogP contribution >= 0.6 is 0 Å². The molecule has 2 saturated heterocycles. The van der Waals surface area contributed by atoms with Gasteiger partial charge in [-0.1, -0.05) is 0 Å². The molecule has 0 aromatic rings. The molecular formula is C8H11NO4S. The van der Waals surface area contributed by atoms with E-state index in [-0.39, 0.29) is 23.8 Å². The minimum absolute atomic E-state index is 0.0328. The van der Waals surface area contributed by atoms with Gasteiger partial charge in [-0.15, -0.1) is 0 Å². The van der Waals surface area contributed by atoms with Gasteiger partial charge in [-0.25, -0.2) is 8.42 Å². The molecule has 2 aliphatic rings. The monoisotopic (exact) mass is 217 g/mol. The summed E-state index contributed by atoms with van der Waals surface area (Å²) >= 11 is 0. The van der Waals surface area contributed by atoms with Gasteiger partial charge in [0.1, 0.15) is 0 Å². The summed E-state index contributed by atoms with van der Waals surface area (Å²) in [7, 11) is -3.14. The summed E-state index contributed by atoms with van der Waals surface area (Å²) in [5.41, 5.74) is -0.950. The van der Waals surface area contributed by atoms with Crippen molar-refractivity contribution in [3.05, 3.63) is 0 Å². The predicted octanol–water partition coefficient (Wildman–Crippen LogP) is -0.772. The van der Waals surface area contributed by atoms with Crippen molar-refractivity contribution in [1.82, 2.24) is 5.32 Å². The van der Waals surface area contributed by atoms with Gasteiger partial charge in [0.05, 0.1) is 16.9 Å². The Morgan fingerprint density at radius 2 is 2.00 bits per heavy atom. The predicted molar refractivity (Wildman–Crippen MR) is 48.1 cm³/mol. The maximum absolute atomic E-state index is 11.5. The van der Waals surface area contributed by atoms with Crippen LogP contribution in [0.3, 0.4) is 0 Å². The molecule has 2 fully saturated rings. The topological polar surface area (TPSA) is 80.3 Å². The molecule has 14 heavy (non-hydrogen) atoms. The number of rotatable bonds is 0. The number of amides is 2. The van der Waals surface area contributed by atoms with Crippen LogP contribution < -0.4 is 5.32 Å². The first kappa shape index (κ1) is 9.64. The molecule has 2 aliphatic heterocycles. The van der Waals surface area contributed by atoms with Gasteiger partial charge in [0.25, 0.3) is 0 Å². The van der Waals surface area contributed by atoms with Crippen LogP contribution in [0, 0.1) is 5.41 Å². The molecular weight excluding hydrogens is 206 g/mol. The molecule has 78 valence electrons. The molecule has 2 rings (SSSR count). The smallest absolute Gasteiger partial charge is 0.234 e. The second-order valence-corrected chi connectivity index (χ2v) is 6.21. The number of imide groups is 1. The van der Waals surface area contributed by atoms with Gasteiger partial charge in [-0.2, -0.15) is 0 Å². The SMILES string of the molecule is O=C1CC2(CCCS(=O)(=O)C2)C(=O)N1. The standard InChI is InChI=1S/C8H11NO4S/c10-6-4-8(7(11)9-6)2-1-3-14(12,13)5-8/h1-5H2,(H,9,10,11). The maximum Gasteiger partial charge on any atom is 0.234 e. The molecule has 5 nitrogen and oxygen atoms in total. The highest BCUT2D eigenvalue weighted by Crippen LogP contribution is 2.37. The lowest BCUT2D eigenvalue weighted by molar-refractivity contribution is -0.128. The molecule has 2 amide bonds. The van der Waals surface area contributed by atoms with Gasteiger partial charge in [-0.3, -0.25) is 14.9 Å². The second kappa shape index (κ2) is 2.79. The lowest BCUT2D eigenvalue weighted by atomic mass is 9.83. The maximum atomic E-state index is 11.5. The van der Waals surface area contributed by atoms with Crippen molar-refractivity contribution in [2.75, 3.05) is 11.5 Å². The van der Waals surface area contributed by atoms with Crippen molar-refractivity contribution < 1.29 is 18.0 Å². The quantitative estimate of drug-likeness (QED) is 0.540. The summed E-state index contributed by atoms with van der Waals surface area (Å²) in [5, 5.41) is 2.17. The van der Waals surface area contributed by atoms with Crippen molar-refractivity contribution in [1.29, 1.82) is 0 Å². The molecule has 0 aromatic heterocycles. The first-order chi connectivity index (χ1) is 6.44. The zero-order chi connectivity index (χ0) is 10.4. The second-order valence-electron chi connectivity index (χ2n) is 4.03. The molecule has 1 unspecified atom stereocenters. The van der Waals surface area contributed by atoms with Gasteiger partial charge in [0.2, 0.25) is 11.8 Å². The number of carbonyl (C=O) groups excluding carboxylic acids is 2. The van der Waals surface area contributed by atoms with Crippen molar-refractivity contribution in [3.8, 4) is 0 Å². The fourth-order valence-corrected chi connectivity index (χ4v) is 4.15. The van der Waals surface area contributed by atoms with Gasteiger partial charge < -0.3 is 0 Å². The molecule has 2 heterocycles. The number of sulfone groups is 1. The third-order valence-corrected chi connectivity index (χ3v) is 4.74. The highest BCUT2D eigenvalue weighted by Gasteiger charge is 2.50. The number of hydrogen-bond acceptors (Lipinski definition) is 4. The van der Waals surface area contributed by atoms with E-state index < -0.39 is 21.2 Å². The number of nitrogens with one attached hydrogen (secondary N) is 1. The van der Waals surface area contributed by atoms with Crippen molar-refractivity contribution in [3.63, 3.8) is 0 Å². The van der Waals surface area contributed by atoms with Gasteiger partial charge in [0.15, 0.2) is 9.84 Å². The normalized spacial score (nSPS) is 36.0. The van der Waals surface area contributed by atoms with E-state index in [2.05, 4.69) is 5.32 Å². The Bertz CT molecular complexity index is 400. The fraction of sp³-hybridized carbons (Fsp3) is 0.750. The van der Waals surface area contributed by atoms with E-state index in [0.717, 1.165) is 0 Å². The molecule has 0 aromatic carbocycles. The van der Waals surface area contributed by atoms with Crippen LogP contribution in [0.25, 0.3) is 0 Å². The minimum atomic E-state index is -3.14. The Morgan fingerprint density at radius 1 is 1.29 bits per heavy atom. The first-order valence-corrected chi connectivity index (χ1v) is 6.30. The van der Waals surface area contributed by atoms with Crippen LogP contribution in [0.1, 0.15) is 19.3 Å². The zero-order valence-electron chi connectivity index (χ0n) is 7.58. The molecule has 0 bridgehead atoms. The minimum Gasteiger partial charge on any atom is -0.296 e. The van der Waals surface area contributed by atoms with Gasteiger partial charge in [-0.05, 0) is 12.8 Å². The summed E-state index contributed by atoms with van der Waals surface area (Å²) in [5.74, 6) is -0.800. The van der Waals surface area contributed by atoms with Gasteiger partial charge in [0, 0.05) is 6.42 Å². The van der Waals surface area contributed by atoms with E-state index in [9.17, 15) is 18.0 Å². The number of hydrogen-bond donors (Lipinski definition) is 1. The Hall–Kier alpha value is -0.910. The molecule has 1 spiro atoms. The lowest BCUT2D eigenvalue weighted by Gasteiger charge is -2.28. The van der Waals surface area contributed by atoms with E-state index in [1.165, 1.54) is 0 Å². The summed E-state index contributed by atoms with van der Waals surface area (Å²) in [6, 6.07) is 0. The van der Waals surface area contributed by atoms with E-state index in [1.807, 2.05) is 0 Å². The third-order valence-electron chi connectivity index (χ3n) is 2.84. The van der Waals surface area contributed by atoms with E-state index >= 15 is 0 Å². The average molecular weight is 217 g/mol. The summed E-state index contributed by atoms with van der Waals surface area (Å²) in [6.45, 7) is 0. The zero-order valence-corrected chi connectivity index (χ0v) is 8.39. The third kappa shape index (κ3) is 1.43. The van der Waals surface area contributed by atoms with Crippen LogP contribution in [0.5, 0.6) is 0 Å². The average Bonchev–Trinajstić information content (AvgIpc) is 2.24. The van der Waals surface area contributed by atoms with E-state index in [0.29, 0.717) is 12.8 Å². The van der Waals surface area contributed by atoms with E-state index in [1.54, 1.807) is 0 Å². The Kier molecular flexibility index (Phi) is 1.92. The summed E-state index contributed by atoms with van der Waals surface area (Å²) < 4.78 is 22.7. The summed E-state index contributed by atoms with van der Waals surface area (Å²) in [4.78, 5) is 22.5. The highest BCUT2D eigenvalue weighted by atomic mass is 32.2. The largest absolute Gasteiger partial charge is 0.296 e. The van der Waals surface area contributed by atoms with Crippen molar-refractivity contribution in [2.45, 2.75) is 19.3 Å². The Morgan fingerprint density at radius 3 is 2.50 bits per heavy atom. The number of carbonyl (C=O) groups is 2. The Balaban J connectivity index is 2.33. The highest BCUT2D eigenvalue weighted by molar-refractivity contribution is 7.91. The van der Waals surface area contributed by atoms with Gasteiger partial charge >= 0.3 is 0 Å². The molecule has 0 saturated carbocycles. The summed E-state index contributed by atoms with van der Waals surface area (Å²) in [6.07, 6.45) is 1.01. The Labute approximate surface area is 81.8 Å². The van der Waals surface area contributed by atoms with Crippen LogP contribution in [-0.4, -0.2) is 31.7 Å². The molecule has 1 atom stereocenters. The van der Waals surface area contributed by atoms with E-state index in [4.69, 9.17) is 0 Å². The fourth-order valence-electron chi connectivity index (χ4n) is 2.21. The van der Waals surface area contributed by atoms with Crippen molar-refractivity contribution in [2.24, 2.45) is 5.41 Å². The molecule has 1 N–H and O–H groups in total.